The van der Waals surface area contributed by atoms with E-state index in [9.17, 15) is 14.7 Å². The van der Waals surface area contributed by atoms with Crippen LogP contribution in [0, 0.1) is 34.5 Å². The minimum Gasteiger partial charge on any atom is -0.450 e. The number of aliphatic hydroxyl groups is 1. The molecule has 1 aromatic heterocycles. The van der Waals surface area contributed by atoms with Crippen molar-refractivity contribution < 1.29 is 28.9 Å². The predicted octanol–water partition coefficient (Wildman–Crippen LogP) is 4.36. The lowest BCUT2D eigenvalue weighted by Gasteiger charge is -2.52. The third kappa shape index (κ3) is 3.10. The Kier molecular flexibility index (Phi) is 5.17. The Balaban J connectivity index is 1.39. The molecule has 8 atom stereocenters. The molecule has 0 unspecified atom stereocenters. The Morgan fingerprint density at radius 2 is 1.93 bits per heavy atom. The number of ether oxygens (including phenoxy) is 3. The number of Topliss-reactive ketones (excluding diaryl/α,β-unsaturated/α-hetero) is 1. The maximum absolute atomic E-state index is 14.8. The summed E-state index contributed by atoms with van der Waals surface area (Å²) in [7, 11) is 1.70. The molecule has 7 rings (SSSR count). The van der Waals surface area contributed by atoms with E-state index < -0.39 is 35.0 Å². The monoisotopic (exact) mass is 546 g/mol. The molecule has 8 nitrogen and oxygen atoms in total. The van der Waals surface area contributed by atoms with Crippen LogP contribution in [0.1, 0.15) is 58.5 Å². The van der Waals surface area contributed by atoms with Gasteiger partial charge in [-0.15, -0.1) is 0 Å². The second-order valence-corrected chi connectivity index (χ2v) is 13.8. The van der Waals surface area contributed by atoms with Crippen molar-refractivity contribution in [3.8, 4) is 0 Å². The number of nitrogens with zero attached hydrogens (tertiary/aromatic N) is 2. The number of aryl methyl sites for hydroxylation is 1. The number of fused-ring (bicyclic) bond motifs is 6. The SMILES string of the molecule is CC1=C[C@]23C(=O)[C@@H](C=C4COC(C)(C)O[C@H]4[C@]2(O)[C@H]1OC(=O)c1c2ccccc2nn1C)[C@H]1[C@@H](C[C@H]3C)C1(C)C. The Morgan fingerprint density at radius 1 is 1.20 bits per heavy atom. The molecule has 1 aliphatic heterocycles. The van der Waals surface area contributed by atoms with E-state index in [2.05, 4.69) is 25.9 Å². The standard InChI is InChI=1S/C32H38N2O6/c1-16-14-31-17(2)12-21-23(29(21,3)4)20(25(31)35)13-18-15-38-30(5,6)40-27(18)32(31,37)26(16)39-28(36)24-19-10-8-9-11-22(19)33-34(24)7/h8-11,13-14,17,20-21,23,26-27,37H,12,15H2,1-7H3/t17-,20+,21-,23+,26+,27-,31+,32-/m1/s1. The van der Waals surface area contributed by atoms with Gasteiger partial charge in [-0.05, 0) is 67.6 Å². The molecule has 1 aromatic carbocycles. The largest absolute Gasteiger partial charge is 0.450 e. The number of hydrogen-bond acceptors (Lipinski definition) is 7. The van der Waals surface area contributed by atoms with Crippen LogP contribution < -0.4 is 0 Å². The van der Waals surface area contributed by atoms with Crippen molar-refractivity contribution in [1.29, 1.82) is 0 Å². The van der Waals surface area contributed by atoms with Crippen LogP contribution in [0.3, 0.4) is 0 Å². The van der Waals surface area contributed by atoms with Gasteiger partial charge in [-0.1, -0.05) is 51.1 Å². The zero-order chi connectivity index (χ0) is 28.6. The average molecular weight is 547 g/mol. The van der Waals surface area contributed by atoms with Gasteiger partial charge in [0.05, 0.1) is 17.5 Å². The molecule has 4 aliphatic carbocycles. The molecule has 212 valence electrons. The first-order chi connectivity index (χ1) is 18.7. The minimum atomic E-state index is -1.85. The van der Waals surface area contributed by atoms with Gasteiger partial charge in [-0.25, -0.2) is 4.79 Å². The second-order valence-electron chi connectivity index (χ2n) is 13.8. The van der Waals surface area contributed by atoms with Crippen molar-refractivity contribution in [2.75, 3.05) is 6.61 Å². The number of benzene rings is 1. The number of ketones is 1. The number of carbonyl (C=O) groups excluding carboxylic acids is 2. The highest BCUT2D eigenvalue weighted by molar-refractivity contribution is 6.02. The van der Waals surface area contributed by atoms with E-state index in [1.807, 2.05) is 57.2 Å². The topological polar surface area (TPSA) is 99.9 Å². The number of aromatic nitrogens is 2. The van der Waals surface area contributed by atoms with Crippen molar-refractivity contribution >= 4 is 22.7 Å². The van der Waals surface area contributed by atoms with Crippen molar-refractivity contribution in [2.45, 2.75) is 71.6 Å². The van der Waals surface area contributed by atoms with E-state index in [0.717, 1.165) is 12.0 Å². The van der Waals surface area contributed by atoms with Crippen LogP contribution in [0.15, 0.2) is 47.6 Å². The van der Waals surface area contributed by atoms with Gasteiger partial charge in [0.15, 0.2) is 29.0 Å². The molecule has 2 bridgehead atoms. The number of esters is 1. The number of carbonyl (C=O) groups is 2. The van der Waals surface area contributed by atoms with Crippen LogP contribution >= 0.6 is 0 Å². The first-order valence-electron chi connectivity index (χ1n) is 14.3. The lowest BCUT2D eigenvalue weighted by molar-refractivity contribution is -0.302. The van der Waals surface area contributed by atoms with Gasteiger partial charge in [0, 0.05) is 18.4 Å². The zero-order valence-electron chi connectivity index (χ0n) is 24.2. The van der Waals surface area contributed by atoms with Crippen LogP contribution in [-0.2, 0) is 26.1 Å². The molecular weight excluding hydrogens is 508 g/mol. The first-order valence-corrected chi connectivity index (χ1v) is 14.3. The molecule has 0 radical (unpaired) electrons. The van der Waals surface area contributed by atoms with E-state index in [-0.39, 0.29) is 35.6 Å². The highest BCUT2D eigenvalue weighted by atomic mass is 16.7. The third-order valence-corrected chi connectivity index (χ3v) is 10.8. The Hall–Kier alpha value is -2.81. The lowest BCUT2D eigenvalue weighted by Crippen LogP contribution is -2.68. The fourth-order valence-electron chi connectivity index (χ4n) is 8.85. The minimum absolute atomic E-state index is 0.00670. The summed E-state index contributed by atoms with van der Waals surface area (Å²) in [6.45, 7) is 12.2. The zero-order valence-corrected chi connectivity index (χ0v) is 24.2. The first kappa shape index (κ1) is 26.1. The summed E-state index contributed by atoms with van der Waals surface area (Å²) in [6.07, 6.45) is 2.74. The third-order valence-electron chi connectivity index (χ3n) is 10.8. The molecule has 0 amide bonds. The number of rotatable bonds is 2. The summed E-state index contributed by atoms with van der Waals surface area (Å²) in [5.74, 6) is -1.62. The molecule has 1 saturated heterocycles. The summed E-state index contributed by atoms with van der Waals surface area (Å²) >= 11 is 0. The molecule has 2 aromatic rings. The molecule has 3 fully saturated rings. The summed E-state index contributed by atoms with van der Waals surface area (Å²) in [6, 6.07) is 7.39. The van der Waals surface area contributed by atoms with Crippen molar-refractivity contribution in [2.24, 2.45) is 41.5 Å². The van der Waals surface area contributed by atoms with E-state index in [0.29, 0.717) is 28.1 Å². The van der Waals surface area contributed by atoms with E-state index in [1.165, 1.54) is 4.68 Å². The fourth-order valence-corrected chi connectivity index (χ4v) is 8.85. The van der Waals surface area contributed by atoms with Gasteiger partial charge in [-0.2, -0.15) is 5.10 Å². The predicted molar refractivity (Wildman–Crippen MR) is 147 cm³/mol. The van der Waals surface area contributed by atoms with Crippen LogP contribution in [0.5, 0.6) is 0 Å². The van der Waals surface area contributed by atoms with Crippen LogP contribution in [0.4, 0.5) is 0 Å². The lowest BCUT2D eigenvalue weighted by atomic mass is 9.59. The molecule has 2 saturated carbocycles. The van der Waals surface area contributed by atoms with Gasteiger partial charge in [0.2, 0.25) is 0 Å². The molecule has 1 spiro atoms. The number of allylic oxidation sites excluding steroid dienone is 1. The molecule has 1 N–H and O–H groups in total. The highest BCUT2D eigenvalue weighted by Gasteiger charge is 2.77. The average Bonchev–Trinajstić information content (AvgIpc) is 3.18. The second kappa shape index (κ2) is 7.93. The van der Waals surface area contributed by atoms with E-state index >= 15 is 0 Å². The van der Waals surface area contributed by atoms with Crippen LogP contribution in [-0.4, -0.2) is 56.8 Å². The summed E-state index contributed by atoms with van der Waals surface area (Å²) in [4.78, 5) is 28.7. The number of hydrogen-bond donors (Lipinski definition) is 1. The molecule has 5 aliphatic rings. The summed E-state index contributed by atoms with van der Waals surface area (Å²) in [5.41, 5.74) is -0.715. The Morgan fingerprint density at radius 3 is 2.67 bits per heavy atom. The smallest absolute Gasteiger partial charge is 0.357 e. The van der Waals surface area contributed by atoms with Crippen molar-refractivity contribution in [3.63, 3.8) is 0 Å². The van der Waals surface area contributed by atoms with Gasteiger partial charge >= 0.3 is 5.97 Å². The van der Waals surface area contributed by atoms with Crippen LogP contribution in [0.2, 0.25) is 0 Å². The van der Waals surface area contributed by atoms with Gasteiger partial charge in [0.1, 0.15) is 6.10 Å². The van der Waals surface area contributed by atoms with Crippen molar-refractivity contribution in [1.82, 2.24) is 9.78 Å². The normalized spacial score (nSPS) is 40.6. The maximum atomic E-state index is 14.8. The van der Waals surface area contributed by atoms with Crippen LogP contribution in [0.25, 0.3) is 10.9 Å². The molecule has 40 heavy (non-hydrogen) atoms. The fraction of sp³-hybridized carbons (Fsp3) is 0.594. The van der Waals surface area contributed by atoms with E-state index in [4.69, 9.17) is 14.2 Å². The molecule has 8 heteroatoms. The van der Waals surface area contributed by atoms with Gasteiger partial charge < -0.3 is 19.3 Å². The quantitative estimate of drug-likeness (QED) is 0.441. The van der Waals surface area contributed by atoms with Gasteiger partial charge in [-0.3, -0.25) is 9.48 Å². The Labute approximate surface area is 234 Å². The Bertz CT molecular complexity index is 1530. The highest BCUT2D eigenvalue weighted by Crippen LogP contribution is 2.72. The molecule has 2 heterocycles. The van der Waals surface area contributed by atoms with E-state index in [1.54, 1.807) is 7.05 Å². The summed E-state index contributed by atoms with van der Waals surface area (Å²) < 4.78 is 20.4. The molecular formula is C32H38N2O6. The summed E-state index contributed by atoms with van der Waals surface area (Å²) in [5, 5.41) is 18.3. The van der Waals surface area contributed by atoms with Crippen molar-refractivity contribution in [3.05, 3.63) is 53.3 Å². The van der Waals surface area contributed by atoms with Gasteiger partial charge in [0.25, 0.3) is 0 Å². The maximum Gasteiger partial charge on any atom is 0.357 e.